The molecular formula is C31H35N3O5. The van der Waals surface area contributed by atoms with Gasteiger partial charge < -0.3 is 23.8 Å². The quantitative estimate of drug-likeness (QED) is 0.281. The maximum atomic E-state index is 12.4. The Morgan fingerprint density at radius 1 is 0.949 bits per heavy atom. The van der Waals surface area contributed by atoms with Crippen molar-refractivity contribution in [1.29, 1.82) is 0 Å². The van der Waals surface area contributed by atoms with Gasteiger partial charge in [-0.1, -0.05) is 18.2 Å². The predicted molar refractivity (Wildman–Crippen MR) is 154 cm³/mol. The summed E-state index contributed by atoms with van der Waals surface area (Å²) in [6.45, 7) is 5.06. The topological polar surface area (TPSA) is 81.6 Å². The lowest BCUT2D eigenvalue weighted by Crippen LogP contribution is -2.31. The maximum Gasteiger partial charge on any atom is 0.271 e. The molecule has 0 fully saturated rings. The van der Waals surface area contributed by atoms with Gasteiger partial charge >= 0.3 is 0 Å². The van der Waals surface area contributed by atoms with Crippen LogP contribution in [0.1, 0.15) is 35.3 Å². The monoisotopic (exact) mass is 529 g/mol. The summed E-state index contributed by atoms with van der Waals surface area (Å²) in [7, 11) is 6.49. The van der Waals surface area contributed by atoms with E-state index in [0.29, 0.717) is 29.2 Å². The van der Waals surface area contributed by atoms with E-state index >= 15 is 0 Å². The van der Waals surface area contributed by atoms with Crippen molar-refractivity contribution >= 4 is 17.8 Å². The third-order valence-corrected chi connectivity index (χ3v) is 7.05. The first-order chi connectivity index (χ1) is 18.9. The number of fused-ring (bicyclic) bond motifs is 1. The third kappa shape index (κ3) is 5.41. The predicted octanol–water partition coefficient (Wildman–Crippen LogP) is 5.36. The molecule has 0 bridgehead atoms. The molecule has 4 rings (SSSR count). The van der Waals surface area contributed by atoms with Gasteiger partial charge in [-0.2, -0.15) is 5.10 Å². The van der Waals surface area contributed by atoms with Gasteiger partial charge in [-0.15, -0.1) is 0 Å². The number of amides is 1. The smallest absolute Gasteiger partial charge is 0.271 e. The maximum absolute atomic E-state index is 12.4. The number of hydrogen-bond donors (Lipinski definition) is 1. The van der Waals surface area contributed by atoms with Crippen molar-refractivity contribution in [2.45, 2.75) is 25.7 Å². The number of hydrazone groups is 1. The minimum Gasteiger partial charge on any atom is -0.497 e. The molecule has 1 atom stereocenters. The number of likely N-dealkylation sites (N-methyl/N-ethyl adjacent to an activating group) is 1. The Hall–Kier alpha value is -4.46. The number of methoxy groups -OCH3 is 4. The fraction of sp³-hybridized carbons (Fsp3) is 0.290. The minimum absolute atomic E-state index is 0.266. The van der Waals surface area contributed by atoms with Gasteiger partial charge in [0.05, 0.1) is 28.4 Å². The molecule has 1 heterocycles. The largest absolute Gasteiger partial charge is 0.497 e. The first-order valence-electron chi connectivity index (χ1n) is 12.7. The molecule has 0 aliphatic carbocycles. The van der Waals surface area contributed by atoms with Gasteiger partial charge in [0.25, 0.3) is 5.91 Å². The second-order valence-corrected chi connectivity index (χ2v) is 9.31. The van der Waals surface area contributed by atoms with Crippen LogP contribution in [0.3, 0.4) is 0 Å². The highest BCUT2D eigenvalue weighted by Crippen LogP contribution is 2.51. The molecule has 0 aromatic heterocycles. The molecule has 0 saturated heterocycles. The lowest BCUT2D eigenvalue weighted by molar-refractivity contribution is 0.0955. The Morgan fingerprint density at radius 2 is 1.64 bits per heavy atom. The fourth-order valence-corrected chi connectivity index (χ4v) is 5.19. The summed E-state index contributed by atoms with van der Waals surface area (Å²) in [5, 5.41) is 4.22. The van der Waals surface area contributed by atoms with Crippen LogP contribution in [0, 0.1) is 0 Å². The van der Waals surface area contributed by atoms with Gasteiger partial charge in [0.1, 0.15) is 5.75 Å². The fourth-order valence-electron chi connectivity index (χ4n) is 5.19. The summed E-state index contributed by atoms with van der Waals surface area (Å²) in [5.41, 5.74) is 6.99. The van der Waals surface area contributed by atoms with Crippen LogP contribution in [0.5, 0.6) is 23.0 Å². The molecule has 1 amide bonds. The number of carbonyl (C=O) groups is 1. The lowest BCUT2D eigenvalue weighted by atomic mass is 9.76. The van der Waals surface area contributed by atoms with E-state index in [2.05, 4.69) is 41.4 Å². The number of anilines is 1. The van der Waals surface area contributed by atoms with E-state index in [-0.39, 0.29) is 5.91 Å². The summed E-state index contributed by atoms with van der Waals surface area (Å²) in [6, 6.07) is 19.1. The van der Waals surface area contributed by atoms with Crippen molar-refractivity contribution < 1.29 is 23.7 Å². The van der Waals surface area contributed by atoms with Crippen LogP contribution >= 0.6 is 0 Å². The van der Waals surface area contributed by atoms with Crippen LogP contribution < -0.4 is 29.3 Å². The average molecular weight is 530 g/mol. The Kier molecular flexibility index (Phi) is 8.44. The molecule has 39 heavy (non-hydrogen) atoms. The zero-order valence-corrected chi connectivity index (χ0v) is 23.3. The van der Waals surface area contributed by atoms with Crippen molar-refractivity contribution in [3.63, 3.8) is 0 Å². The van der Waals surface area contributed by atoms with Crippen LogP contribution in [0.25, 0.3) is 0 Å². The molecule has 1 aliphatic rings. The number of ether oxygens (including phenoxy) is 4. The molecule has 1 aliphatic heterocycles. The molecule has 1 unspecified atom stereocenters. The van der Waals surface area contributed by atoms with E-state index in [1.165, 1.54) is 0 Å². The van der Waals surface area contributed by atoms with Gasteiger partial charge in [0.2, 0.25) is 5.75 Å². The second kappa shape index (κ2) is 11.9. The molecule has 0 saturated carbocycles. The van der Waals surface area contributed by atoms with Crippen molar-refractivity contribution in [2.24, 2.45) is 5.10 Å². The van der Waals surface area contributed by atoms with Crippen LogP contribution in [0.4, 0.5) is 5.69 Å². The highest BCUT2D eigenvalue weighted by molar-refractivity contribution is 5.94. The highest BCUT2D eigenvalue weighted by atomic mass is 16.5. The molecule has 3 aromatic carbocycles. The SMILES string of the molecule is CCN1/C(=C\C=N\NC(=O)c2ccccc2)C(C)(Cc2cc(OC)c(OC)c(OC)c2)c2cc(OC)ccc21. The van der Waals surface area contributed by atoms with E-state index in [1.54, 1.807) is 46.8 Å². The van der Waals surface area contributed by atoms with Gasteiger partial charge in [-0.3, -0.25) is 4.79 Å². The summed E-state index contributed by atoms with van der Waals surface area (Å²) >= 11 is 0. The summed E-state index contributed by atoms with van der Waals surface area (Å²) < 4.78 is 22.4. The van der Waals surface area contributed by atoms with Crippen LogP contribution in [-0.2, 0) is 11.8 Å². The Morgan fingerprint density at radius 3 is 2.23 bits per heavy atom. The number of nitrogens with zero attached hydrogens (tertiary/aromatic N) is 2. The number of benzene rings is 3. The van der Waals surface area contributed by atoms with Gasteiger partial charge in [-0.25, -0.2) is 5.43 Å². The summed E-state index contributed by atoms with van der Waals surface area (Å²) in [4.78, 5) is 14.7. The minimum atomic E-state index is -0.458. The molecule has 0 spiro atoms. The molecule has 204 valence electrons. The van der Waals surface area contributed by atoms with E-state index in [1.807, 2.05) is 42.5 Å². The van der Waals surface area contributed by atoms with Crippen LogP contribution in [0.15, 0.2) is 77.5 Å². The molecule has 3 aromatic rings. The normalized spacial score (nSPS) is 17.3. The second-order valence-electron chi connectivity index (χ2n) is 9.31. The van der Waals surface area contributed by atoms with E-state index in [4.69, 9.17) is 18.9 Å². The zero-order chi connectivity index (χ0) is 28.0. The van der Waals surface area contributed by atoms with Crippen molar-refractivity contribution in [2.75, 3.05) is 39.9 Å². The number of carbonyl (C=O) groups excluding carboxylic acids is 1. The molecular weight excluding hydrogens is 494 g/mol. The summed E-state index contributed by atoms with van der Waals surface area (Å²) in [5.74, 6) is 2.27. The number of nitrogens with one attached hydrogen (secondary N) is 1. The number of rotatable bonds is 10. The number of allylic oxidation sites excluding steroid dienone is 2. The zero-order valence-electron chi connectivity index (χ0n) is 23.3. The highest BCUT2D eigenvalue weighted by Gasteiger charge is 2.43. The average Bonchev–Trinajstić information content (AvgIpc) is 3.20. The van der Waals surface area contributed by atoms with E-state index in [9.17, 15) is 4.79 Å². The van der Waals surface area contributed by atoms with Gasteiger partial charge in [0.15, 0.2) is 11.5 Å². The van der Waals surface area contributed by atoms with Gasteiger partial charge in [-0.05, 0) is 79.9 Å². The van der Waals surface area contributed by atoms with Crippen LogP contribution in [0.2, 0.25) is 0 Å². The van der Waals surface area contributed by atoms with Crippen LogP contribution in [-0.4, -0.2) is 47.1 Å². The van der Waals surface area contributed by atoms with Crippen molar-refractivity contribution in [3.8, 4) is 23.0 Å². The number of hydrogen-bond acceptors (Lipinski definition) is 7. The molecule has 8 nitrogen and oxygen atoms in total. The van der Waals surface area contributed by atoms with E-state index in [0.717, 1.165) is 34.8 Å². The Balaban J connectivity index is 1.75. The third-order valence-electron chi connectivity index (χ3n) is 7.05. The molecule has 8 heteroatoms. The molecule has 0 radical (unpaired) electrons. The van der Waals surface area contributed by atoms with Crippen molar-refractivity contribution in [3.05, 3.63) is 89.1 Å². The standard InChI is InChI=1S/C31H35N3O5/c1-7-34-25-14-13-23(36-3)19-24(25)31(2,20-21-17-26(37-4)29(39-6)27(18-21)38-5)28(34)15-16-32-33-30(35)22-11-9-8-10-12-22/h8-19H,7,20H2,1-6H3,(H,33,35)/b28-15-,32-16+. The first-order valence-corrected chi connectivity index (χ1v) is 12.7. The van der Waals surface area contributed by atoms with Gasteiger partial charge in [0, 0.05) is 35.1 Å². The van der Waals surface area contributed by atoms with E-state index < -0.39 is 5.41 Å². The first kappa shape index (κ1) is 27.6. The molecule has 1 N–H and O–H groups in total. The van der Waals surface area contributed by atoms with Crippen molar-refractivity contribution in [1.82, 2.24) is 5.43 Å². The Labute approximate surface area is 229 Å². The summed E-state index contributed by atoms with van der Waals surface area (Å²) in [6.07, 6.45) is 4.23. The Bertz CT molecular complexity index is 1360. The lowest BCUT2D eigenvalue weighted by Gasteiger charge is -2.30.